The maximum absolute atomic E-state index is 12.6. The molecule has 25 heavy (non-hydrogen) atoms. The fourth-order valence-electron chi connectivity index (χ4n) is 3.34. The van der Waals surface area contributed by atoms with Crippen molar-refractivity contribution < 1.29 is 8.42 Å². The molecule has 0 spiro atoms. The lowest BCUT2D eigenvalue weighted by atomic mass is 9.97. The molecule has 2 heterocycles. The number of hydrogen-bond donors (Lipinski definition) is 1. The Morgan fingerprint density at radius 3 is 2.60 bits per heavy atom. The van der Waals surface area contributed by atoms with Crippen LogP contribution >= 0.6 is 0 Å². The van der Waals surface area contributed by atoms with Gasteiger partial charge >= 0.3 is 0 Å². The first-order chi connectivity index (χ1) is 12.0. The van der Waals surface area contributed by atoms with Crippen LogP contribution in [-0.2, 0) is 10.0 Å². The van der Waals surface area contributed by atoms with Crippen LogP contribution in [-0.4, -0.2) is 33.0 Å². The minimum absolute atomic E-state index is 0.369. The molecule has 0 unspecified atom stereocenters. The fourth-order valence-corrected chi connectivity index (χ4v) is 4.68. The van der Waals surface area contributed by atoms with Gasteiger partial charge in [0.1, 0.15) is 0 Å². The average Bonchev–Trinajstić information content (AvgIpc) is 2.61. The molecule has 1 aliphatic rings. The lowest BCUT2D eigenvalue weighted by Crippen LogP contribution is -2.38. The number of aryl methyl sites for hydroxylation is 2. The molecule has 1 aromatic heterocycles. The highest BCUT2D eigenvalue weighted by Crippen LogP contribution is 2.23. The van der Waals surface area contributed by atoms with Crippen LogP contribution in [0.5, 0.6) is 0 Å². The van der Waals surface area contributed by atoms with E-state index in [-0.39, 0.29) is 0 Å². The number of piperidine rings is 1. The second-order valence-corrected chi connectivity index (χ2v) is 8.50. The van der Waals surface area contributed by atoms with Crippen LogP contribution in [0.15, 0.2) is 47.6 Å². The van der Waals surface area contributed by atoms with E-state index in [1.54, 1.807) is 12.3 Å². The third-order valence-electron chi connectivity index (χ3n) is 4.81. The van der Waals surface area contributed by atoms with Crippen molar-refractivity contribution in [1.82, 2.24) is 9.71 Å². The van der Waals surface area contributed by atoms with E-state index in [9.17, 15) is 8.42 Å². The Labute approximate surface area is 150 Å². The summed E-state index contributed by atoms with van der Waals surface area (Å²) in [4.78, 5) is 6.85. The lowest BCUT2D eigenvalue weighted by Gasteiger charge is -2.33. The predicted octanol–water partition coefficient (Wildman–Crippen LogP) is 2.89. The van der Waals surface area contributed by atoms with Gasteiger partial charge < -0.3 is 4.90 Å². The molecular formula is C19H25N3O2S. The number of benzene rings is 1. The highest BCUT2D eigenvalue weighted by Gasteiger charge is 2.23. The summed E-state index contributed by atoms with van der Waals surface area (Å²) in [7, 11) is -3.45. The van der Waals surface area contributed by atoms with Gasteiger partial charge in [0, 0.05) is 25.8 Å². The number of rotatable bonds is 5. The number of nitrogens with one attached hydrogen (secondary N) is 1. The number of aromatic nitrogens is 1. The van der Waals surface area contributed by atoms with Crippen LogP contribution in [0.25, 0.3) is 0 Å². The molecule has 134 valence electrons. The molecule has 0 saturated carbocycles. The molecule has 0 atom stereocenters. The highest BCUT2D eigenvalue weighted by atomic mass is 32.2. The minimum Gasteiger partial charge on any atom is -0.370 e. The molecule has 0 bridgehead atoms. The van der Waals surface area contributed by atoms with Gasteiger partial charge in [0.25, 0.3) is 0 Å². The van der Waals surface area contributed by atoms with Crippen molar-refractivity contribution in [2.24, 2.45) is 5.92 Å². The van der Waals surface area contributed by atoms with E-state index in [0.29, 0.717) is 17.4 Å². The maximum Gasteiger partial charge on any atom is 0.240 e. The van der Waals surface area contributed by atoms with Crippen molar-refractivity contribution in [1.29, 1.82) is 0 Å². The van der Waals surface area contributed by atoms with Gasteiger partial charge in [-0.15, -0.1) is 0 Å². The molecular weight excluding hydrogens is 334 g/mol. The Morgan fingerprint density at radius 1 is 1.20 bits per heavy atom. The summed E-state index contributed by atoms with van der Waals surface area (Å²) in [6.07, 6.45) is 5.61. The van der Waals surface area contributed by atoms with Crippen molar-refractivity contribution >= 4 is 15.7 Å². The first-order valence-corrected chi connectivity index (χ1v) is 10.2. The third-order valence-corrected chi connectivity index (χ3v) is 6.39. The van der Waals surface area contributed by atoms with Gasteiger partial charge in [0.05, 0.1) is 16.8 Å². The molecule has 1 saturated heterocycles. The van der Waals surface area contributed by atoms with Crippen molar-refractivity contribution in [2.75, 3.05) is 24.5 Å². The van der Waals surface area contributed by atoms with Gasteiger partial charge in [-0.1, -0.05) is 17.7 Å². The molecule has 1 N–H and O–H groups in total. The largest absolute Gasteiger partial charge is 0.370 e. The normalized spacial score (nSPS) is 16.2. The van der Waals surface area contributed by atoms with Gasteiger partial charge in [-0.3, -0.25) is 4.98 Å². The topological polar surface area (TPSA) is 62.3 Å². The summed E-state index contributed by atoms with van der Waals surface area (Å²) in [5.74, 6) is 0.369. The lowest BCUT2D eigenvalue weighted by molar-refractivity contribution is 0.402. The zero-order chi connectivity index (χ0) is 17.9. The van der Waals surface area contributed by atoms with Gasteiger partial charge in [-0.25, -0.2) is 13.1 Å². The monoisotopic (exact) mass is 359 g/mol. The molecule has 1 aliphatic heterocycles. The van der Waals surface area contributed by atoms with E-state index in [4.69, 9.17) is 0 Å². The second-order valence-electron chi connectivity index (χ2n) is 6.76. The third kappa shape index (κ3) is 4.38. The molecule has 5 nitrogen and oxygen atoms in total. The molecule has 0 radical (unpaired) electrons. The quantitative estimate of drug-likeness (QED) is 0.892. The van der Waals surface area contributed by atoms with E-state index < -0.39 is 10.0 Å². The first kappa shape index (κ1) is 17.9. The maximum atomic E-state index is 12.6. The molecule has 1 aromatic carbocycles. The molecule has 0 aliphatic carbocycles. The van der Waals surface area contributed by atoms with E-state index in [0.717, 1.165) is 42.7 Å². The number of pyridine rings is 1. The standard InChI is InChI=1S/C19H25N3O2S/c1-15-5-6-19(16(2)12-15)25(23,24)21-13-17-7-10-22(11-8-17)18-4-3-9-20-14-18/h3-6,9,12,14,17,21H,7-8,10-11,13H2,1-2H3. The van der Waals surface area contributed by atoms with Crippen molar-refractivity contribution in [3.63, 3.8) is 0 Å². The van der Waals surface area contributed by atoms with Crippen LogP contribution < -0.4 is 9.62 Å². The van der Waals surface area contributed by atoms with E-state index in [1.165, 1.54) is 0 Å². The van der Waals surface area contributed by atoms with Gasteiger partial charge in [0.2, 0.25) is 10.0 Å². The van der Waals surface area contributed by atoms with E-state index >= 15 is 0 Å². The predicted molar refractivity (Wildman–Crippen MR) is 100 cm³/mol. The Morgan fingerprint density at radius 2 is 1.96 bits per heavy atom. The van der Waals surface area contributed by atoms with E-state index in [2.05, 4.69) is 20.7 Å². The van der Waals surface area contributed by atoms with Crippen molar-refractivity contribution in [2.45, 2.75) is 31.6 Å². The molecule has 1 fully saturated rings. The average molecular weight is 359 g/mol. The van der Waals surface area contributed by atoms with Crippen molar-refractivity contribution in [3.8, 4) is 0 Å². The smallest absolute Gasteiger partial charge is 0.240 e. The summed E-state index contributed by atoms with van der Waals surface area (Å²) in [5.41, 5.74) is 3.00. The Kier molecular flexibility index (Phi) is 5.39. The van der Waals surface area contributed by atoms with Crippen LogP contribution in [0.2, 0.25) is 0 Å². The Hall–Kier alpha value is -1.92. The van der Waals surface area contributed by atoms with E-state index in [1.807, 2.05) is 38.2 Å². The van der Waals surface area contributed by atoms with Crippen LogP contribution in [0.3, 0.4) is 0 Å². The molecule has 6 heteroatoms. The number of hydrogen-bond acceptors (Lipinski definition) is 4. The summed E-state index contributed by atoms with van der Waals surface area (Å²) in [6, 6.07) is 9.45. The number of sulfonamides is 1. The minimum atomic E-state index is -3.45. The molecule has 0 amide bonds. The second kappa shape index (κ2) is 7.54. The van der Waals surface area contributed by atoms with Gasteiger partial charge in [0.15, 0.2) is 0 Å². The molecule has 2 aromatic rings. The Balaban J connectivity index is 1.56. The van der Waals surface area contributed by atoms with Gasteiger partial charge in [-0.2, -0.15) is 0 Å². The highest BCUT2D eigenvalue weighted by molar-refractivity contribution is 7.89. The summed E-state index contributed by atoms with van der Waals surface area (Å²) < 4.78 is 27.9. The fraction of sp³-hybridized carbons (Fsp3) is 0.421. The summed E-state index contributed by atoms with van der Waals surface area (Å²) in [6.45, 7) is 6.17. The number of nitrogens with zero attached hydrogens (tertiary/aromatic N) is 2. The van der Waals surface area contributed by atoms with Crippen LogP contribution in [0, 0.1) is 19.8 Å². The zero-order valence-electron chi connectivity index (χ0n) is 14.8. The Bertz CT molecular complexity index is 814. The summed E-state index contributed by atoms with van der Waals surface area (Å²) in [5, 5.41) is 0. The SMILES string of the molecule is Cc1ccc(S(=O)(=O)NCC2CCN(c3cccnc3)CC2)c(C)c1. The zero-order valence-corrected chi connectivity index (χ0v) is 15.6. The van der Waals surface area contributed by atoms with Gasteiger partial charge in [-0.05, 0) is 56.4 Å². The molecule has 3 rings (SSSR count). The van der Waals surface area contributed by atoms with Crippen molar-refractivity contribution in [3.05, 3.63) is 53.9 Å². The summed E-state index contributed by atoms with van der Waals surface area (Å²) >= 11 is 0. The first-order valence-electron chi connectivity index (χ1n) is 8.67. The number of anilines is 1. The van der Waals surface area contributed by atoms with Crippen LogP contribution in [0.4, 0.5) is 5.69 Å². The van der Waals surface area contributed by atoms with Crippen LogP contribution in [0.1, 0.15) is 24.0 Å².